The molecule has 88 valence electrons. The molecule has 1 rings (SSSR count). The van der Waals surface area contributed by atoms with Gasteiger partial charge in [-0.25, -0.2) is 4.39 Å². The molecule has 0 heterocycles. The number of allylic oxidation sites excluding steroid dienone is 1. The summed E-state index contributed by atoms with van der Waals surface area (Å²) in [6.45, 7) is 4.02. The standard InChI is InChI=1S/C13H17ClFN/c1-2-16-9-5-3-4-6-11-10-12(14)7-8-13(11)15/h3-4,7-8,10,16H,2,5-6,9H2,1H3/b4-3+. The predicted octanol–water partition coefficient (Wildman–Crippen LogP) is 3.58. The molecular formula is C13H17ClFN. The lowest BCUT2D eigenvalue weighted by molar-refractivity contribution is 0.614. The fourth-order valence-corrected chi connectivity index (χ4v) is 1.58. The van der Waals surface area contributed by atoms with E-state index in [4.69, 9.17) is 11.6 Å². The minimum Gasteiger partial charge on any atom is -0.317 e. The molecule has 0 spiro atoms. The van der Waals surface area contributed by atoms with Gasteiger partial charge >= 0.3 is 0 Å². The van der Waals surface area contributed by atoms with Gasteiger partial charge in [-0.15, -0.1) is 0 Å². The second-order valence-electron chi connectivity index (χ2n) is 3.55. The Morgan fingerprint density at radius 3 is 2.94 bits per heavy atom. The Morgan fingerprint density at radius 1 is 1.38 bits per heavy atom. The Kier molecular flexibility index (Phi) is 6.12. The molecule has 1 aromatic carbocycles. The number of halogens is 2. The first-order chi connectivity index (χ1) is 7.74. The molecule has 0 aliphatic carbocycles. The number of nitrogens with one attached hydrogen (secondary N) is 1. The van der Waals surface area contributed by atoms with E-state index in [1.54, 1.807) is 12.1 Å². The monoisotopic (exact) mass is 241 g/mol. The lowest BCUT2D eigenvalue weighted by Crippen LogP contribution is -2.12. The SMILES string of the molecule is CCNCC/C=C/Cc1cc(Cl)ccc1F. The summed E-state index contributed by atoms with van der Waals surface area (Å²) >= 11 is 5.80. The number of rotatable bonds is 6. The summed E-state index contributed by atoms with van der Waals surface area (Å²) in [5.41, 5.74) is 0.646. The molecule has 0 saturated carbocycles. The molecule has 1 aromatic rings. The van der Waals surface area contributed by atoms with Crippen molar-refractivity contribution in [2.45, 2.75) is 19.8 Å². The summed E-state index contributed by atoms with van der Waals surface area (Å²) in [5.74, 6) is -0.194. The number of hydrogen-bond acceptors (Lipinski definition) is 1. The maximum atomic E-state index is 13.3. The average molecular weight is 242 g/mol. The smallest absolute Gasteiger partial charge is 0.126 e. The molecule has 0 fully saturated rings. The Hall–Kier alpha value is -0.860. The van der Waals surface area contributed by atoms with Crippen molar-refractivity contribution in [2.75, 3.05) is 13.1 Å². The van der Waals surface area contributed by atoms with Gasteiger partial charge in [0.15, 0.2) is 0 Å². The van der Waals surface area contributed by atoms with E-state index in [1.807, 2.05) is 6.08 Å². The van der Waals surface area contributed by atoms with Crippen LogP contribution < -0.4 is 5.32 Å². The third-order valence-electron chi connectivity index (χ3n) is 2.25. The summed E-state index contributed by atoms with van der Waals surface area (Å²) in [6, 6.07) is 4.64. The van der Waals surface area contributed by atoms with E-state index >= 15 is 0 Å². The molecular weight excluding hydrogens is 225 g/mol. The zero-order chi connectivity index (χ0) is 11.8. The molecule has 1 N–H and O–H groups in total. The fraction of sp³-hybridized carbons (Fsp3) is 0.385. The third-order valence-corrected chi connectivity index (χ3v) is 2.49. The van der Waals surface area contributed by atoms with Gasteiger partial charge in [-0.3, -0.25) is 0 Å². The molecule has 0 unspecified atom stereocenters. The highest BCUT2D eigenvalue weighted by Crippen LogP contribution is 2.15. The largest absolute Gasteiger partial charge is 0.317 e. The van der Waals surface area contributed by atoms with Crippen LogP contribution >= 0.6 is 11.6 Å². The minimum atomic E-state index is -0.194. The molecule has 0 aliphatic rings. The topological polar surface area (TPSA) is 12.0 Å². The molecule has 0 aromatic heterocycles. The molecule has 0 radical (unpaired) electrons. The second kappa shape index (κ2) is 7.42. The summed E-state index contributed by atoms with van der Waals surface area (Å²) < 4.78 is 13.3. The van der Waals surface area contributed by atoms with Gasteiger partial charge in [-0.05, 0) is 49.7 Å². The van der Waals surface area contributed by atoms with Crippen molar-refractivity contribution in [1.82, 2.24) is 5.32 Å². The van der Waals surface area contributed by atoms with Crippen molar-refractivity contribution >= 4 is 11.6 Å². The fourth-order valence-electron chi connectivity index (χ4n) is 1.39. The van der Waals surface area contributed by atoms with Crippen molar-refractivity contribution < 1.29 is 4.39 Å². The van der Waals surface area contributed by atoms with Crippen LogP contribution in [0.4, 0.5) is 4.39 Å². The van der Waals surface area contributed by atoms with Crippen LogP contribution in [0.5, 0.6) is 0 Å². The average Bonchev–Trinajstić information content (AvgIpc) is 2.28. The van der Waals surface area contributed by atoms with E-state index < -0.39 is 0 Å². The quantitative estimate of drug-likeness (QED) is 0.593. The Bertz CT molecular complexity index is 350. The van der Waals surface area contributed by atoms with Gasteiger partial charge < -0.3 is 5.32 Å². The van der Waals surface area contributed by atoms with Crippen LogP contribution in [0, 0.1) is 5.82 Å². The predicted molar refractivity (Wildman–Crippen MR) is 67.4 cm³/mol. The molecule has 0 saturated heterocycles. The summed E-state index contributed by atoms with van der Waals surface area (Å²) in [5, 5.41) is 3.80. The van der Waals surface area contributed by atoms with Crippen LogP contribution in [0.15, 0.2) is 30.4 Å². The summed E-state index contributed by atoms with van der Waals surface area (Å²) in [6.07, 6.45) is 5.60. The van der Waals surface area contributed by atoms with Gasteiger partial charge in [0, 0.05) is 5.02 Å². The highest BCUT2D eigenvalue weighted by molar-refractivity contribution is 6.30. The Labute approximate surface area is 101 Å². The maximum absolute atomic E-state index is 13.3. The second-order valence-corrected chi connectivity index (χ2v) is 3.99. The van der Waals surface area contributed by atoms with Crippen molar-refractivity contribution in [1.29, 1.82) is 0 Å². The van der Waals surface area contributed by atoms with E-state index in [9.17, 15) is 4.39 Å². The third kappa shape index (κ3) is 4.77. The van der Waals surface area contributed by atoms with Gasteiger partial charge in [0.05, 0.1) is 0 Å². The van der Waals surface area contributed by atoms with E-state index in [1.165, 1.54) is 6.07 Å². The van der Waals surface area contributed by atoms with Gasteiger partial charge in [0.1, 0.15) is 5.82 Å². The Morgan fingerprint density at radius 2 is 2.19 bits per heavy atom. The van der Waals surface area contributed by atoms with Crippen molar-refractivity contribution in [3.05, 3.63) is 46.8 Å². The summed E-state index contributed by atoms with van der Waals surface area (Å²) in [4.78, 5) is 0. The van der Waals surface area contributed by atoms with Crippen molar-refractivity contribution in [3.8, 4) is 0 Å². The molecule has 1 nitrogen and oxygen atoms in total. The molecule has 0 bridgehead atoms. The van der Waals surface area contributed by atoms with Crippen LogP contribution in [0.25, 0.3) is 0 Å². The van der Waals surface area contributed by atoms with Crippen LogP contribution in [-0.4, -0.2) is 13.1 Å². The van der Waals surface area contributed by atoms with Gasteiger partial charge in [-0.1, -0.05) is 30.7 Å². The van der Waals surface area contributed by atoms with Gasteiger partial charge in [-0.2, -0.15) is 0 Å². The Balaban J connectivity index is 2.39. The molecule has 16 heavy (non-hydrogen) atoms. The van der Waals surface area contributed by atoms with E-state index in [-0.39, 0.29) is 5.82 Å². The highest BCUT2D eigenvalue weighted by Gasteiger charge is 2.00. The van der Waals surface area contributed by atoms with E-state index in [0.717, 1.165) is 19.5 Å². The van der Waals surface area contributed by atoms with Crippen LogP contribution in [0.3, 0.4) is 0 Å². The lowest BCUT2D eigenvalue weighted by atomic mass is 10.1. The van der Waals surface area contributed by atoms with Crippen LogP contribution in [-0.2, 0) is 6.42 Å². The van der Waals surface area contributed by atoms with Gasteiger partial charge in [0.25, 0.3) is 0 Å². The molecule has 0 amide bonds. The molecule has 3 heteroatoms. The zero-order valence-electron chi connectivity index (χ0n) is 9.47. The van der Waals surface area contributed by atoms with E-state index in [0.29, 0.717) is 17.0 Å². The zero-order valence-corrected chi connectivity index (χ0v) is 10.2. The number of benzene rings is 1. The van der Waals surface area contributed by atoms with Gasteiger partial charge in [0.2, 0.25) is 0 Å². The lowest BCUT2D eigenvalue weighted by Gasteiger charge is -2.00. The van der Waals surface area contributed by atoms with Crippen LogP contribution in [0.2, 0.25) is 5.02 Å². The van der Waals surface area contributed by atoms with Crippen LogP contribution in [0.1, 0.15) is 18.9 Å². The van der Waals surface area contributed by atoms with Crippen molar-refractivity contribution in [3.63, 3.8) is 0 Å². The van der Waals surface area contributed by atoms with Crippen molar-refractivity contribution in [2.24, 2.45) is 0 Å². The first kappa shape index (κ1) is 13.2. The molecule has 0 atom stereocenters. The minimum absolute atomic E-state index is 0.194. The summed E-state index contributed by atoms with van der Waals surface area (Å²) in [7, 11) is 0. The molecule has 0 aliphatic heterocycles. The normalized spacial score (nSPS) is 11.2. The highest BCUT2D eigenvalue weighted by atomic mass is 35.5. The first-order valence-corrected chi connectivity index (χ1v) is 5.91. The number of hydrogen-bond donors (Lipinski definition) is 1. The first-order valence-electron chi connectivity index (χ1n) is 5.53. The maximum Gasteiger partial charge on any atom is 0.126 e. The van der Waals surface area contributed by atoms with E-state index in [2.05, 4.69) is 18.3 Å².